The zero-order valence-corrected chi connectivity index (χ0v) is 11.8. The molecule has 5 nitrogen and oxygen atoms in total. The van der Waals surface area contributed by atoms with Crippen LogP contribution >= 0.6 is 11.6 Å². The molecule has 104 valence electrons. The maximum atomic E-state index is 10.9. The summed E-state index contributed by atoms with van der Waals surface area (Å²) >= 11 is 6.23. The highest BCUT2D eigenvalue weighted by Crippen LogP contribution is 2.41. The Morgan fingerprint density at radius 2 is 2.21 bits per heavy atom. The van der Waals surface area contributed by atoms with Gasteiger partial charge in [-0.3, -0.25) is 10.1 Å². The van der Waals surface area contributed by atoms with E-state index >= 15 is 0 Å². The lowest BCUT2D eigenvalue weighted by Crippen LogP contribution is -2.37. The molecule has 1 saturated heterocycles. The van der Waals surface area contributed by atoms with Crippen LogP contribution in [0.1, 0.15) is 26.2 Å². The van der Waals surface area contributed by atoms with Crippen molar-refractivity contribution in [1.29, 1.82) is 0 Å². The van der Waals surface area contributed by atoms with Crippen LogP contribution in [0.15, 0.2) is 12.1 Å². The summed E-state index contributed by atoms with van der Waals surface area (Å²) in [5.41, 5.74) is 0.720. The first kappa shape index (κ1) is 13.9. The van der Waals surface area contributed by atoms with E-state index in [9.17, 15) is 10.1 Å². The van der Waals surface area contributed by atoms with Gasteiger partial charge >= 0.3 is 0 Å². The minimum Gasteiger partial charge on any atom is -0.494 e. The zero-order chi connectivity index (χ0) is 14.0. The second-order valence-electron chi connectivity index (χ2n) is 4.77. The molecule has 2 rings (SSSR count). The second-order valence-corrected chi connectivity index (χ2v) is 5.18. The van der Waals surface area contributed by atoms with Gasteiger partial charge in [0, 0.05) is 18.7 Å². The van der Waals surface area contributed by atoms with E-state index in [1.807, 2.05) is 0 Å². The van der Waals surface area contributed by atoms with Gasteiger partial charge in [-0.1, -0.05) is 11.6 Å². The van der Waals surface area contributed by atoms with Crippen molar-refractivity contribution >= 4 is 23.0 Å². The molecule has 19 heavy (non-hydrogen) atoms. The Hall–Kier alpha value is -1.49. The first-order valence-electron chi connectivity index (χ1n) is 6.33. The summed E-state index contributed by atoms with van der Waals surface area (Å²) in [4.78, 5) is 12.6. The third-order valence-corrected chi connectivity index (χ3v) is 3.82. The average Bonchev–Trinajstić information content (AvgIpc) is 2.39. The van der Waals surface area contributed by atoms with E-state index in [2.05, 4.69) is 11.8 Å². The van der Waals surface area contributed by atoms with Crippen molar-refractivity contribution < 1.29 is 9.66 Å². The summed E-state index contributed by atoms with van der Waals surface area (Å²) in [6.45, 7) is 3.03. The minimum atomic E-state index is -0.461. The van der Waals surface area contributed by atoms with Gasteiger partial charge in [-0.15, -0.1) is 0 Å². The van der Waals surface area contributed by atoms with Crippen molar-refractivity contribution in [3.8, 4) is 5.75 Å². The Morgan fingerprint density at radius 3 is 2.79 bits per heavy atom. The van der Waals surface area contributed by atoms with E-state index in [1.165, 1.54) is 25.7 Å². The number of nitrogens with zero attached hydrogens (tertiary/aromatic N) is 2. The van der Waals surface area contributed by atoms with Gasteiger partial charge in [0.25, 0.3) is 5.69 Å². The number of nitro benzene ring substituents is 1. The van der Waals surface area contributed by atoms with Crippen LogP contribution in [0.3, 0.4) is 0 Å². The zero-order valence-electron chi connectivity index (χ0n) is 11.1. The quantitative estimate of drug-likeness (QED) is 0.628. The molecule has 1 atom stereocenters. The van der Waals surface area contributed by atoms with E-state index in [4.69, 9.17) is 16.3 Å². The van der Waals surface area contributed by atoms with Crippen LogP contribution < -0.4 is 9.64 Å². The maximum Gasteiger partial charge on any atom is 0.274 e. The van der Waals surface area contributed by atoms with Gasteiger partial charge < -0.3 is 9.64 Å². The molecule has 0 aromatic heterocycles. The molecule has 1 aromatic rings. The number of anilines is 1. The van der Waals surface area contributed by atoms with Gasteiger partial charge in [0.05, 0.1) is 28.8 Å². The minimum absolute atomic E-state index is 0.0461. The molecule has 1 heterocycles. The molecule has 1 fully saturated rings. The van der Waals surface area contributed by atoms with E-state index in [1.54, 1.807) is 0 Å². The van der Waals surface area contributed by atoms with Crippen LogP contribution in [-0.2, 0) is 0 Å². The number of ether oxygens (including phenoxy) is 1. The standard InChI is InChI=1S/C13H17ClN2O3/c1-9-5-3-4-6-15(9)13-11(14)7-10(16(17)18)8-12(13)19-2/h7-9H,3-6H2,1-2H3. The highest BCUT2D eigenvalue weighted by Gasteiger charge is 2.26. The van der Waals surface area contributed by atoms with Gasteiger partial charge in [0.15, 0.2) is 5.75 Å². The van der Waals surface area contributed by atoms with Crippen LogP contribution in [0, 0.1) is 10.1 Å². The van der Waals surface area contributed by atoms with Crippen molar-refractivity contribution in [3.63, 3.8) is 0 Å². The van der Waals surface area contributed by atoms with E-state index < -0.39 is 4.92 Å². The lowest BCUT2D eigenvalue weighted by atomic mass is 10.0. The Labute approximate surface area is 117 Å². The molecular formula is C13H17ClN2O3. The molecule has 1 aromatic carbocycles. The fourth-order valence-corrected chi connectivity index (χ4v) is 2.84. The monoisotopic (exact) mass is 284 g/mol. The fourth-order valence-electron chi connectivity index (χ4n) is 2.53. The summed E-state index contributed by atoms with van der Waals surface area (Å²) in [5.74, 6) is 0.466. The number of hydrogen-bond acceptors (Lipinski definition) is 4. The summed E-state index contributed by atoms with van der Waals surface area (Å²) in [6.07, 6.45) is 3.39. The Bertz CT molecular complexity index is 493. The van der Waals surface area contributed by atoms with Crippen LogP contribution in [0.4, 0.5) is 11.4 Å². The van der Waals surface area contributed by atoms with Crippen molar-refractivity contribution in [2.45, 2.75) is 32.2 Å². The molecule has 6 heteroatoms. The molecule has 1 aliphatic heterocycles. The smallest absolute Gasteiger partial charge is 0.274 e. The molecule has 1 aliphatic rings. The van der Waals surface area contributed by atoms with Gasteiger partial charge in [-0.05, 0) is 26.2 Å². The summed E-state index contributed by atoms with van der Waals surface area (Å²) in [6, 6.07) is 3.19. The third-order valence-electron chi connectivity index (χ3n) is 3.53. The van der Waals surface area contributed by atoms with Gasteiger partial charge in [0.1, 0.15) is 0 Å². The molecule has 0 spiro atoms. The number of non-ortho nitro benzene ring substituents is 1. The largest absolute Gasteiger partial charge is 0.494 e. The van der Waals surface area contributed by atoms with Crippen LogP contribution in [0.5, 0.6) is 5.75 Å². The Balaban J connectivity index is 2.46. The molecule has 1 unspecified atom stereocenters. The first-order chi connectivity index (χ1) is 9.04. The van der Waals surface area contributed by atoms with Crippen molar-refractivity contribution in [2.75, 3.05) is 18.6 Å². The topological polar surface area (TPSA) is 55.6 Å². The lowest BCUT2D eigenvalue weighted by Gasteiger charge is -2.36. The van der Waals surface area contributed by atoms with Crippen molar-refractivity contribution in [2.24, 2.45) is 0 Å². The van der Waals surface area contributed by atoms with Crippen LogP contribution in [0.2, 0.25) is 5.02 Å². The molecule has 0 amide bonds. The number of nitro groups is 1. The summed E-state index contributed by atoms with van der Waals surface area (Å²) < 4.78 is 5.29. The van der Waals surface area contributed by atoms with Crippen LogP contribution in [0.25, 0.3) is 0 Å². The normalized spacial score (nSPS) is 19.3. The molecule has 0 radical (unpaired) electrons. The molecule has 0 bridgehead atoms. The number of methoxy groups -OCH3 is 1. The Morgan fingerprint density at radius 1 is 1.47 bits per heavy atom. The van der Waals surface area contributed by atoms with E-state index in [0.717, 1.165) is 25.1 Å². The first-order valence-corrected chi connectivity index (χ1v) is 6.71. The number of hydrogen-bond donors (Lipinski definition) is 0. The van der Waals surface area contributed by atoms with Gasteiger partial charge in [-0.25, -0.2) is 0 Å². The van der Waals surface area contributed by atoms with E-state index in [0.29, 0.717) is 16.8 Å². The molecule has 0 saturated carbocycles. The SMILES string of the molecule is COc1cc([N+](=O)[O-])cc(Cl)c1N1CCCCC1C. The fraction of sp³-hybridized carbons (Fsp3) is 0.538. The Kier molecular flexibility index (Phi) is 4.14. The number of piperidine rings is 1. The average molecular weight is 285 g/mol. The highest BCUT2D eigenvalue weighted by atomic mass is 35.5. The maximum absolute atomic E-state index is 10.9. The van der Waals surface area contributed by atoms with Crippen LogP contribution in [-0.4, -0.2) is 24.6 Å². The second kappa shape index (κ2) is 5.65. The number of benzene rings is 1. The molecule has 0 aliphatic carbocycles. The van der Waals surface area contributed by atoms with Gasteiger partial charge in [0.2, 0.25) is 0 Å². The molecular weight excluding hydrogens is 268 g/mol. The van der Waals surface area contributed by atoms with Crippen molar-refractivity contribution in [1.82, 2.24) is 0 Å². The van der Waals surface area contributed by atoms with Crippen molar-refractivity contribution in [3.05, 3.63) is 27.3 Å². The summed E-state index contributed by atoms with van der Waals surface area (Å²) in [7, 11) is 1.51. The third kappa shape index (κ3) is 2.76. The number of halogens is 1. The highest BCUT2D eigenvalue weighted by molar-refractivity contribution is 6.34. The molecule has 0 N–H and O–H groups in total. The number of rotatable bonds is 3. The van der Waals surface area contributed by atoms with Gasteiger partial charge in [-0.2, -0.15) is 0 Å². The van der Waals surface area contributed by atoms with E-state index in [-0.39, 0.29) is 5.69 Å². The summed E-state index contributed by atoms with van der Waals surface area (Å²) in [5, 5.41) is 11.2. The predicted octanol–water partition coefficient (Wildman–Crippen LogP) is 3.64. The predicted molar refractivity (Wildman–Crippen MR) is 75.3 cm³/mol. The lowest BCUT2D eigenvalue weighted by molar-refractivity contribution is -0.384.